The minimum Gasteiger partial charge on any atom is -0.393 e. The van der Waals surface area contributed by atoms with Gasteiger partial charge < -0.3 is 15.3 Å². The van der Waals surface area contributed by atoms with E-state index in [2.05, 4.69) is 17.4 Å². The average molecular weight is 503 g/mol. The van der Waals surface area contributed by atoms with Crippen LogP contribution in [0.1, 0.15) is 64.7 Å². The molecule has 0 aromatic heterocycles. The monoisotopic (exact) mass is 502 g/mol. The highest BCUT2D eigenvalue weighted by Crippen LogP contribution is 2.46. The van der Waals surface area contributed by atoms with Crippen molar-refractivity contribution in [3.05, 3.63) is 106 Å². The highest BCUT2D eigenvalue weighted by Gasteiger charge is 2.46. The third-order valence-corrected chi connectivity index (χ3v) is 7.74. The minimum atomic E-state index is -0.553. The summed E-state index contributed by atoms with van der Waals surface area (Å²) >= 11 is 6.20. The summed E-state index contributed by atoms with van der Waals surface area (Å²) in [6.07, 6.45) is 3.12. The predicted octanol–water partition coefficient (Wildman–Crippen LogP) is 5.28. The number of carbonyl (C=O) groups is 2. The van der Waals surface area contributed by atoms with E-state index >= 15 is 0 Å². The number of hydrogen-bond donors (Lipinski definition) is 2. The van der Waals surface area contributed by atoms with Gasteiger partial charge in [0, 0.05) is 23.2 Å². The van der Waals surface area contributed by atoms with Crippen molar-refractivity contribution in [3.8, 4) is 0 Å². The highest BCUT2D eigenvalue weighted by atomic mass is 35.5. The molecule has 1 aliphatic heterocycles. The second kappa shape index (κ2) is 10.9. The van der Waals surface area contributed by atoms with Crippen LogP contribution in [0.25, 0.3) is 0 Å². The van der Waals surface area contributed by atoms with Crippen molar-refractivity contribution >= 4 is 23.4 Å². The zero-order chi connectivity index (χ0) is 25.1. The molecule has 6 heteroatoms. The molecule has 0 unspecified atom stereocenters. The number of benzene rings is 3. The molecule has 186 valence electrons. The number of fused-ring (bicyclic) bond motifs is 1. The average Bonchev–Trinajstić information content (AvgIpc) is 2.90. The summed E-state index contributed by atoms with van der Waals surface area (Å²) in [6, 6.07) is 24.5. The molecule has 2 aliphatic rings. The normalized spacial score (nSPS) is 23.7. The Bertz CT molecular complexity index is 1210. The van der Waals surface area contributed by atoms with Gasteiger partial charge in [0.1, 0.15) is 0 Å². The topological polar surface area (TPSA) is 69.6 Å². The Hall–Kier alpha value is -3.15. The first-order valence-electron chi connectivity index (χ1n) is 12.7. The van der Waals surface area contributed by atoms with Crippen molar-refractivity contribution in [2.75, 3.05) is 6.54 Å². The van der Waals surface area contributed by atoms with Crippen LogP contribution in [0.15, 0.2) is 78.9 Å². The van der Waals surface area contributed by atoms with Gasteiger partial charge in [-0.3, -0.25) is 9.59 Å². The number of aliphatic hydroxyl groups is 1. The molecule has 2 N–H and O–H groups in total. The molecule has 5 rings (SSSR count). The Balaban J connectivity index is 1.52. The maximum atomic E-state index is 13.9. The molecule has 1 fully saturated rings. The van der Waals surface area contributed by atoms with Crippen LogP contribution in [0.2, 0.25) is 5.02 Å². The third kappa shape index (κ3) is 5.04. The molecule has 36 heavy (non-hydrogen) atoms. The number of nitrogens with zero attached hydrogens (tertiary/aromatic N) is 1. The van der Waals surface area contributed by atoms with E-state index in [1.165, 1.54) is 0 Å². The van der Waals surface area contributed by atoms with Crippen molar-refractivity contribution in [3.63, 3.8) is 0 Å². The molecular formula is C30H31ClN2O3. The maximum absolute atomic E-state index is 13.9. The smallest absolute Gasteiger partial charge is 0.254 e. The number of hydrogen-bond acceptors (Lipinski definition) is 3. The Morgan fingerprint density at radius 1 is 0.917 bits per heavy atom. The standard InChI is InChI=1S/C30H31ClN2O3/c31-22-12-10-21(11-13-22)28-27(29(35)32-19-18-20-6-2-1-3-7-20)25-8-4-5-9-26(25)30(36)33(28)23-14-16-24(34)17-15-23/h1-13,23-24,27-28,34H,14-19H2,(H,32,35)/t23?,24?,27-,28+/m1/s1. The van der Waals surface area contributed by atoms with Crippen molar-refractivity contribution in [1.29, 1.82) is 0 Å². The molecule has 0 bridgehead atoms. The van der Waals surface area contributed by atoms with E-state index in [1.54, 1.807) is 0 Å². The first-order chi connectivity index (χ1) is 17.5. The molecule has 3 aromatic rings. The van der Waals surface area contributed by atoms with Crippen molar-refractivity contribution < 1.29 is 14.7 Å². The number of carbonyl (C=O) groups excluding carboxylic acids is 2. The van der Waals surface area contributed by atoms with E-state index < -0.39 is 12.0 Å². The van der Waals surface area contributed by atoms with Gasteiger partial charge in [-0.15, -0.1) is 0 Å². The Morgan fingerprint density at radius 2 is 1.58 bits per heavy atom. The van der Waals surface area contributed by atoms with Crippen molar-refractivity contribution in [1.82, 2.24) is 10.2 Å². The summed E-state index contributed by atoms with van der Waals surface area (Å²) in [5.41, 5.74) is 3.38. The molecular weight excluding hydrogens is 472 g/mol. The van der Waals surface area contributed by atoms with Crippen LogP contribution < -0.4 is 5.32 Å². The van der Waals surface area contributed by atoms with Gasteiger partial charge in [0.25, 0.3) is 5.91 Å². The molecule has 3 aromatic carbocycles. The predicted molar refractivity (Wildman–Crippen MR) is 141 cm³/mol. The second-order valence-electron chi connectivity index (χ2n) is 9.76. The molecule has 5 nitrogen and oxygen atoms in total. The zero-order valence-electron chi connectivity index (χ0n) is 20.1. The van der Waals surface area contributed by atoms with Gasteiger partial charge in [-0.1, -0.05) is 72.3 Å². The molecule has 2 amide bonds. The summed E-state index contributed by atoms with van der Waals surface area (Å²) in [7, 11) is 0. The number of rotatable bonds is 6. The fourth-order valence-corrected chi connectivity index (χ4v) is 5.80. The number of nitrogens with one attached hydrogen (secondary N) is 1. The van der Waals surface area contributed by atoms with Crippen molar-refractivity contribution in [2.45, 2.75) is 56.2 Å². The fraction of sp³-hybridized carbons (Fsp3) is 0.333. The second-order valence-corrected chi connectivity index (χ2v) is 10.2. The molecule has 1 saturated carbocycles. The van der Waals surface area contributed by atoms with Gasteiger partial charge in [0.2, 0.25) is 5.91 Å². The highest BCUT2D eigenvalue weighted by molar-refractivity contribution is 6.30. The Labute approximate surface area is 217 Å². The molecule has 2 atom stereocenters. The lowest BCUT2D eigenvalue weighted by Gasteiger charge is -2.47. The number of amides is 2. The largest absolute Gasteiger partial charge is 0.393 e. The summed E-state index contributed by atoms with van der Waals surface area (Å²) in [5, 5.41) is 13.9. The van der Waals surface area contributed by atoms with Gasteiger partial charge in [0.15, 0.2) is 0 Å². The van der Waals surface area contributed by atoms with E-state index in [9.17, 15) is 14.7 Å². The first-order valence-corrected chi connectivity index (χ1v) is 13.1. The van der Waals surface area contributed by atoms with Crippen molar-refractivity contribution in [2.24, 2.45) is 0 Å². The van der Waals surface area contributed by atoms with Gasteiger partial charge >= 0.3 is 0 Å². The summed E-state index contributed by atoms with van der Waals surface area (Å²) in [6.45, 7) is 0.512. The SMILES string of the molecule is O=C(NCCc1ccccc1)[C@@H]1c2ccccc2C(=O)N(C2CCC(O)CC2)[C@H]1c1ccc(Cl)cc1. The lowest BCUT2D eigenvalue weighted by molar-refractivity contribution is -0.124. The van der Waals surface area contributed by atoms with Crippen LogP contribution >= 0.6 is 11.6 Å². The van der Waals surface area contributed by atoms with Crippen LogP contribution in [0.5, 0.6) is 0 Å². The quantitative estimate of drug-likeness (QED) is 0.481. The summed E-state index contributed by atoms with van der Waals surface area (Å²) < 4.78 is 0. The fourth-order valence-electron chi connectivity index (χ4n) is 5.67. The van der Waals surface area contributed by atoms with Gasteiger partial charge in [-0.05, 0) is 67.0 Å². The number of halogens is 1. The lowest BCUT2D eigenvalue weighted by Crippen LogP contribution is -2.52. The number of aliphatic hydroxyl groups excluding tert-OH is 1. The molecule has 0 radical (unpaired) electrons. The molecule has 0 spiro atoms. The van der Waals surface area contributed by atoms with Crippen LogP contribution in [0, 0.1) is 0 Å². The first kappa shape index (κ1) is 24.5. The van der Waals surface area contributed by atoms with Crippen LogP contribution in [-0.2, 0) is 11.2 Å². The van der Waals surface area contributed by atoms with E-state index in [4.69, 9.17) is 11.6 Å². The molecule has 0 saturated heterocycles. The van der Waals surface area contributed by atoms with Crippen LogP contribution in [-0.4, -0.2) is 40.5 Å². The van der Waals surface area contributed by atoms with Gasteiger partial charge in [-0.25, -0.2) is 0 Å². The molecule has 1 heterocycles. The summed E-state index contributed by atoms with van der Waals surface area (Å²) in [4.78, 5) is 29.7. The maximum Gasteiger partial charge on any atom is 0.254 e. The van der Waals surface area contributed by atoms with E-state index in [-0.39, 0.29) is 24.0 Å². The zero-order valence-corrected chi connectivity index (χ0v) is 20.9. The minimum absolute atomic E-state index is 0.0467. The summed E-state index contributed by atoms with van der Waals surface area (Å²) in [5.74, 6) is -0.699. The van der Waals surface area contributed by atoms with Crippen LogP contribution in [0.4, 0.5) is 0 Å². The van der Waals surface area contributed by atoms with Gasteiger partial charge in [0.05, 0.1) is 18.1 Å². The van der Waals surface area contributed by atoms with Crippen LogP contribution in [0.3, 0.4) is 0 Å². The van der Waals surface area contributed by atoms with E-state index in [0.717, 1.165) is 23.1 Å². The van der Waals surface area contributed by atoms with E-state index in [1.807, 2.05) is 71.6 Å². The van der Waals surface area contributed by atoms with E-state index in [0.29, 0.717) is 42.8 Å². The molecule has 1 aliphatic carbocycles. The lowest BCUT2D eigenvalue weighted by atomic mass is 9.77. The third-order valence-electron chi connectivity index (χ3n) is 7.49. The Kier molecular flexibility index (Phi) is 7.40. The Morgan fingerprint density at radius 3 is 2.31 bits per heavy atom. The van der Waals surface area contributed by atoms with Gasteiger partial charge in [-0.2, -0.15) is 0 Å².